The second kappa shape index (κ2) is 6.11. The fourth-order valence-electron chi connectivity index (χ4n) is 1.53. The molecule has 1 aromatic rings. The molecule has 114 valence electrons. The molecule has 0 aliphatic rings. The third-order valence-corrected chi connectivity index (χ3v) is 4.96. The zero-order valence-corrected chi connectivity index (χ0v) is 13.5. The third kappa shape index (κ3) is 3.94. The van der Waals surface area contributed by atoms with Gasteiger partial charge in [-0.2, -0.15) is 0 Å². The Balaban J connectivity index is 3.16. The van der Waals surface area contributed by atoms with E-state index in [1.54, 1.807) is 12.1 Å². The van der Waals surface area contributed by atoms with Crippen molar-refractivity contribution in [3.05, 3.63) is 23.8 Å². The first kappa shape index (κ1) is 16.9. The normalized spacial score (nSPS) is 14.1. The molecule has 0 spiro atoms. The summed E-state index contributed by atoms with van der Waals surface area (Å²) in [6.45, 7) is 8.12. The minimum Gasteiger partial charge on any atom is -0.495 e. The molecule has 0 aliphatic carbocycles. The number of benzene rings is 1. The molecule has 0 aliphatic heterocycles. The Bertz CT molecular complexity index is 562. The van der Waals surface area contributed by atoms with Crippen molar-refractivity contribution in [3.8, 4) is 5.75 Å². The van der Waals surface area contributed by atoms with Gasteiger partial charge in [0.05, 0.1) is 7.11 Å². The molecule has 0 saturated heterocycles. The Morgan fingerprint density at radius 1 is 1.35 bits per heavy atom. The van der Waals surface area contributed by atoms with E-state index in [1.807, 2.05) is 27.7 Å². The summed E-state index contributed by atoms with van der Waals surface area (Å²) in [6.07, 6.45) is 0. The van der Waals surface area contributed by atoms with Gasteiger partial charge in [0.1, 0.15) is 10.6 Å². The molecule has 5 nitrogen and oxygen atoms in total. The van der Waals surface area contributed by atoms with Gasteiger partial charge in [-0.15, -0.1) is 0 Å². The first-order chi connectivity index (χ1) is 9.11. The van der Waals surface area contributed by atoms with E-state index in [0.717, 1.165) is 5.56 Å². The molecule has 1 atom stereocenters. The Morgan fingerprint density at radius 2 is 1.95 bits per heavy atom. The Morgan fingerprint density at radius 3 is 2.40 bits per heavy atom. The second-order valence-corrected chi connectivity index (χ2v) is 7.58. The van der Waals surface area contributed by atoms with Crippen molar-refractivity contribution in [1.29, 1.82) is 0 Å². The van der Waals surface area contributed by atoms with E-state index in [0.29, 0.717) is 12.3 Å². The van der Waals surface area contributed by atoms with Gasteiger partial charge in [0.15, 0.2) is 0 Å². The fraction of sp³-hybridized carbons (Fsp3) is 0.571. The lowest BCUT2D eigenvalue weighted by atomic mass is 9.89. The van der Waals surface area contributed by atoms with Gasteiger partial charge in [-0.25, -0.2) is 13.1 Å². The van der Waals surface area contributed by atoms with Crippen LogP contribution < -0.4 is 15.2 Å². The first-order valence-corrected chi connectivity index (χ1v) is 7.99. The summed E-state index contributed by atoms with van der Waals surface area (Å²) >= 11 is 0. The maximum Gasteiger partial charge on any atom is 0.244 e. The maximum absolute atomic E-state index is 12.4. The van der Waals surface area contributed by atoms with Crippen LogP contribution in [0.2, 0.25) is 0 Å². The van der Waals surface area contributed by atoms with Crippen LogP contribution in [0, 0.1) is 5.41 Å². The van der Waals surface area contributed by atoms with Crippen LogP contribution in [-0.4, -0.2) is 21.6 Å². The summed E-state index contributed by atoms with van der Waals surface area (Å²) in [6, 6.07) is 4.67. The highest BCUT2D eigenvalue weighted by Crippen LogP contribution is 2.27. The number of methoxy groups -OCH3 is 1. The number of hydrogen-bond donors (Lipinski definition) is 2. The third-order valence-electron chi connectivity index (χ3n) is 3.38. The monoisotopic (exact) mass is 300 g/mol. The second-order valence-electron chi connectivity index (χ2n) is 5.90. The van der Waals surface area contributed by atoms with Crippen LogP contribution >= 0.6 is 0 Å². The van der Waals surface area contributed by atoms with Gasteiger partial charge in [-0.1, -0.05) is 26.8 Å². The minimum absolute atomic E-state index is 0.133. The largest absolute Gasteiger partial charge is 0.495 e. The quantitative estimate of drug-likeness (QED) is 0.869. The van der Waals surface area contributed by atoms with Gasteiger partial charge < -0.3 is 10.5 Å². The zero-order chi connectivity index (χ0) is 15.6. The molecule has 0 amide bonds. The number of sulfonamides is 1. The highest BCUT2D eigenvalue weighted by atomic mass is 32.2. The van der Waals surface area contributed by atoms with Crippen LogP contribution in [-0.2, 0) is 16.6 Å². The van der Waals surface area contributed by atoms with E-state index in [9.17, 15) is 8.42 Å². The molecular weight excluding hydrogens is 276 g/mol. The summed E-state index contributed by atoms with van der Waals surface area (Å²) in [7, 11) is -2.18. The van der Waals surface area contributed by atoms with E-state index in [2.05, 4.69) is 4.72 Å². The van der Waals surface area contributed by atoms with E-state index < -0.39 is 10.0 Å². The molecule has 0 saturated carbocycles. The number of nitrogens with two attached hydrogens (primary N) is 1. The SMILES string of the molecule is COc1cc(CN)ccc1S(=O)(=O)NC(C)C(C)(C)C. The lowest BCUT2D eigenvalue weighted by molar-refractivity contribution is 0.317. The van der Waals surface area contributed by atoms with Gasteiger partial charge >= 0.3 is 0 Å². The molecule has 6 heteroatoms. The predicted octanol–water partition coefficient (Wildman–Crippen LogP) is 1.87. The van der Waals surface area contributed by atoms with E-state index in [4.69, 9.17) is 10.5 Å². The Labute approximate surface area is 121 Å². The number of rotatable bonds is 5. The van der Waals surface area contributed by atoms with Crippen molar-refractivity contribution in [3.63, 3.8) is 0 Å². The van der Waals surface area contributed by atoms with Gasteiger partial charge in [-0.3, -0.25) is 0 Å². The van der Waals surface area contributed by atoms with Crippen LogP contribution in [0.1, 0.15) is 33.3 Å². The Hall–Kier alpha value is -1.11. The molecule has 0 aromatic heterocycles. The first-order valence-electron chi connectivity index (χ1n) is 6.51. The Kier molecular flexibility index (Phi) is 5.18. The smallest absolute Gasteiger partial charge is 0.244 e. The topological polar surface area (TPSA) is 81.4 Å². The van der Waals surface area contributed by atoms with Crippen LogP contribution in [0.4, 0.5) is 0 Å². The number of nitrogens with one attached hydrogen (secondary N) is 1. The van der Waals surface area contributed by atoms with Gasteiger partial charge in [0.2, 0.25) is 10.0 Å². The van der Waals surface area contributed by atoms with E-state index >= 15 is 0 Å². The maximum atomic E-state index is 12.4. The zero-order valence-electron chi connectivity index (χ0n) is 12.7. The van der Waals surface area contributed by atoms with Crippen molar-refractivity contribution >= 4 is 10.0 Å². The molecule has 0 heterocycles. The van der Waals surface area contributed by atoms with Crippen molar-refractivity contribution in [2.75, 3.05) is 7.11 Å². The van der Waals surface area contributed by atoms with E-state index in [1.165, 1.54) is 13.2 Å². The van der Waals surface area contributed by atoms with Crippen molar-refractivity contribution in [2.45, 2.75) is 45.2 Å². The van der Waals surface area contributed by atoms with Crippen molar-refractivity contribution < 1.29 is 13.2 Å². The number of hydrogen-bond acceptors (Lipinski definition) is 4. The average molecular weight is 300 g/mol. The molecular formula is C14H24N2O3S. The highest BCUT2D eigenvalue weighted by Gasteiger charge is 2.27. The van der Waals surface area contributed by atoms with Crippen LogP contribution in [0.15, 0.2) is 23.1 Å². The van der Waals surface area contributed by atoms with Gasteiger partial charge in [0, 0.05) is 12.6 Å². The predicted molar refractivity (Wildman–Crippen MR) is 80.1 cm³/mol. The van der Waals surface area contributed by atoms with E-state index in [-0.39, 0.29) is 16.4 Å². The molecule has 1 unspecified atom stereocenters. The molecule has 0 fully saturated rings. The lowest BCUT2D eigenvalue weighted by Crippen LogP contribution is -2.41. The molecule has 1 aromatic carbocycles. The standard InChI is InChI=1S/C14H24N2O3S/c1-10(14(2,3)4)16-20(17,18)13-7-6-11(9-15)8-12(13)19-5/h6-8,10,16H,9,15H2,1-5H3. The summed E-state index contributed by atoms with van der Waals surface area (Å²) in [5.74, 6) is 0.307. The summed E-state index contributed by atoms with van der Waals surface area (Å²) in [5.41, 5.74) is 6.20. The summed E-state index contributed by atoms with van der Waals surface area (Å²) < 4.78 is 32.7. The summed E-state index contributed by atoms with van der Waals surface area (Å²) in [5, 5.41) is 0. The molecule has 3 N–H and O–H groups in total. The fourth-order valence-corrected chi connectivity index (χ4v) is 3.13. The van der Waals surface area contributed by atoms with Crippen LogP contribution in [0.25, 0.3) is 0 Å². The van der Waals surface area contributed by atoms with Crippen LogP contribution in [0.5, 0.6) is 5.75 Å². The minimum atomic E-state index is -3.63. The molecule has 0 radical (unpaired) electrons. The lowest BCUT2D eigenvalue weighted by Gasteiger charge is -2.28. The molecule has 0 bridgehead atoms. The summed E-state index contributed by atoms with van der Waals surface area (Å²) in [4.78, 5) is 0.133. The van der Waals surface area contributed by atoms with Crippen LogP contribution in [0.3, 0.4) is 0 Å². The van der Waals surface area contributed by atoms with Crippen molar-refractivity contribution in [1.82, 2.24) is 4.72 Å². The highest BCUT2D eigenvalue weighted by molar-refractivity contribution is 7.89. The molecule has 1 rings (SSSR count). The van der Waals surface area contributed by atoms with Gasteiger partial charge in [0.25, 0.3) is 0 Å². The average Bonchev–Trinajstić information content (AvgIpc) is 2.36. The molecule has 20 heavy (non-hydrogen) atoms. The van der Waals surface area contributed by atoms with Crippen molar-refractivity contribution in [2.24, 2.45) is 11.1 Å². The number of ether oxygens (including phenoxy) is 1. The van der Waals surface area contributed by atoms with Gasteiger partial charge in [-0.05, 0) is 30.0 Å².